The lowest BCUT2D eigenvalue weighted by molar-refractivity contribution is 0.0659. The maximum absolute atomic E-state index is 13.1. The van der Waals surface area contributed by atoms with Crippen molar-refractivity contribution in [3.8, 4) is 11.5 Å². The van der Waals surface area contributed by atoms with E-state index in [4.69, 9.17) is 8.37 Å². The molecule has 0 saturated carbocycles. The minimum Gasteiger partial charge on any atom is -0.379 e. The molecule has 0 bridgehead atoms. The lowest BCUT2D eigenvalue weighted by Gasteiger charge is -2.13. The number of hydrogen-bond acceptors (Lipinski definition) is 9. The summed E-state index contributed by atoms with van der Waals surface area (Å²) in [6.07, 6.45) is 1.07. The van der Waals surface area contributed by atoms with Gasteiger partial charge in [-0.3, -0.25) is 9.59 Å². The highest BCUT2D eigenvalue weighted by Gasteiger charge is 2.35. The fourth-order valence-corrected chi connectivity index (χ4v) is 5.77. The number of fused-ring (bicyclic) bond motifs is 1. The Morgan fingerprint density at radius 1 is 0.659 bits per heavy atom. The SMILES string of the molecule is Cc1ccc(S(=O)(=O)Oc2ccc(/C=N\N3C(=O)c4ccccc4C3=O)c(OS(=O)(=O)c3ccc(C)cc3)c2)cc1. The van der Waals surface area contributed by atoms with Crippen molar-refractivity contribution in [2.45, 2.75) is 23.6 Å². The lowest BCUT2D eigenvalue weighted by atomic mass is 10.1. The highest BCUT2D eigenvalue weighted by atomic mass is 32.2. The Hall–Kier alpha value is -4.81. The van der Waals surface area contributed by atoms with Crippen molar-refractivity contribution < 1.29 is 34.8 Å². The van der Waals surface area contributed by atoms with E-state index in [9.17, 15) is 26.4 Å². The maximum Gasteiger partial charge on any atom is 0.339 e. The molecule has 208 valence electrons. The van der Waals surface area contributed by atoms with Gasteiger partial charge in [-0.2, -0.15) is 26.9 Å². The third kappa shape index (κ3) is 5.74. The molecular formula is C29H22N2O8S2. The van der Waals surface area contributed by atoms with E-state index >= 15 is 0 Å². The molecule has 10 nitrogen and oxygen atoms in total. The fraction of sp³-hybridized carbons (Fsp3) is 0.0690. The van der Waals surface area contributed by atoms with Gasteiger partial charge in [0, 0.05) is 11.6 Å². The van der Waals surface area contributed by atoms with E-state index in [1.807, 2.05) is 0 Å². The number of carbonyl (C=O) groups is 2. The van der Waals surface area contributed by atoms with Gasteiger partial charge in [-0.15, -0.1) is 0 Å². The smallest absolute Gasteiger partial charge is 0.339 e. The highest BCUT2D eigenvalue weighted by molar-refractivity contribution is 7.87. The Labute approximate surface area is 236 Å². The highest BCUT2D eigenvalue weighted by Crippen LogP contribution is 2.30. The molecule has 41 heavy (non-hydrogen) atoms. The molecule has 0 aliphatic carbocycles. The molecule has 12 heteroatoms. The molecule has 0 unspecified atom stereocenters. The number of hydrogen-bond donors (Lipinski definition) is 0. The first-order valence-corrected chi connectivity index (χ1v) is 14.9. The standard InChI is InChI=1S/C29H22N2O8S2/c1-19-7-13-23(14-8-19)40(34,35)38-22-12-11-21(18-30-31-28(32)25-5-3-4-6-26(25)29(31)33)27(17-22)39-41(36,37)24-15-9-20(2)10-16-24/h3-18H,1-2H3/b30-18-. The average molecular weight is 591 g/mol. The third-order valence-corrected chi connectivity index (χ3v) is 8.60. The number of carbonyl (C=O) groups excluding carboxylic acids is 2. The number of benzene rings is 4. The number of amides is 2. The van der Waals surface area contributed by atoms with Crippen molar-refractivity contribution >= 4 is 38.3 Å². The summed E-state index contributed by atoms with van der Waals surface area (Å²) in [5, 5.41) is 4.63. The molecule has 1 aliphatic heterocycles. The molecule has 0 fully saturated rings. The number of imide groups is 1. The molecule has 1 heterocycles. The second-order valence-corrected chi connectivity index (χ2v) is 12.2. The van der Waals surface area contributed by atoms with Crippen molar-refractivity contribution in [3.05, 3.63) is 119 Å². The zero-order valence-electron chi connectivity index (χ0n) is 21.7. The Morgan fingerprint density at radius 2 is 1.15 bits per heavy atom. The molecule has 4 aromatic rings. The van der Waals surface area contributed by atoms with E-state index in [0.717, 1.165) is 23.4 Å². The van der Waals surface area contributed by atoms with Crippen LogP contribution in [-0.2, 0) is 20.2 Å². The normalized spacial score (nSPS) is 13.5. The molecule has 1 aliphatic rings. The summed E-state index contributed by atoms with van der Waals surface area (Å²) < 4.78 is 62.5. The zero-order valence-corrected chi connectivity index (χ0v) is 23.3. The van der Waals surface area contributed by atoms with Crippen LogP contribution in [0, 0.1) is 13.8 Å². The lowest BCUT2D eigenvalue weighted by Crippen LogP contribution is -2.24. The molecule has 0 N–H and O–H groups in total. The second kappa shape index (κ2) is 10.6. The Balaban J connectivity index is 1.51. The van der Waals surface area contributed by atoms with Crippen LogP contribution in [0.3, 0.4) is 0 Å². The molecule has 0 radical (unpaired) electrons. The molecule has 0 saturated heterocycles. The summed E-state index contributed by atoms with van der Waals surface area (Å²) in [5.41, 5.74) is 2.06. The van der Waals surface area contributed by atoms with Crippen LogP contribution in [0.25, 0.3) is 0 Å². The molecule has 5 rings (SSSR count). The van der Waals surface area contributed by atoms with Crippen molar-refractivity contribution in [2.24, 2.45) is 5.10 Å². The van der Waals surface area contributed by atoms with E-state index in [-0.39, 0.29) is 38.0 Å². The fourth-order valence-electron chi connectivity index (χ4n) is 3.90. The second-order valence-electron chi connectivity index (χ2n) is 9.11. The zero-order chi connectivity index (χ0) is 29.4. The van der Waals surface area contributed by atoms with Crippen molar-refractivity contribution in [1.82, 2.24) is 5.01 Å². The van der Waals surface area contributed by atoms with Crippen molar-refractivity contribution in [1.29, 1.82) is 0 Å². The number of hydrazone groups is 1. The monoisotopic (exact) mass is 590 g/mol. The summed E-state index contributed by atoms with van der Waals surface area (Å²) in [7, 11) is -8.65. The predicted molar refractivity (Wildman–Crippen MR) is 149 cm³/mol. The van der Waals surface area contributed by atoms with Crippen LogP contribution in [-0.4, -0.2) is 39.9 Å². The van der Waals surface area contributed by atoms with Crippen molar-refractivity contribution in [3.63, 3.8) is 0 Å². The van der Waals surface area contributed by atoms with E-state index in [1.54, 1.807) is 50.2 Å². The third-order valence-electron chi connectivity index (χ3n) is 6.09. The predicted octanol–water partition coefficient (Wildman–Crippen LogP) is 4.47. The van der Waals surface area contributed by atoms with Crippen LogP contribution in [0.2, 0.25) is 0 Å². The van der Waals surface area contributed by atoms with Gasteiger partial charge in [0.2, 0.25) is 0 Å². The Kier molecular flexibility index (Phi) is 7.20. The molecule has 2 amide bonds. The van der Waals surface area contributed by atoms with E-state index in [2.05, 4.69) is 5.10 Å². The van der Waals surface area contributed by atoms with Gasteiger partial charge < -0.3 is 8.37 Å². The van der Waals surface area contributed by atoms with Gasteiger partial charge >= 0.3 is 20.2 Å². The van der Waals surface area contributed by atoms with Gasteiger partial charge in [0.25, 0.3) is 11.8 Å². The van der Waals surface area contributed by atoms with Crippen LogP contribution in [0.15, 0.2) is 106 Å². The number of nitrogens with zero attached hydrogens (tertiary/aromatic N) is 2. The summed E-state index contributed by atoms with van der Waals surface area (Å²) in [6, 6.07) is 21.7. The average Bonchev–Trinajstić information content (AvgIpc) is 3.17. The minimum atomic E-state index is -4.39. The van der Waals surface area contributed by atoms with Gasteiger partial charge in [0.05, 0.1) is 17.3 Å². The number of aryl methyl sites for hydroxylation is 2. The topological polar surface area (TPSA) is 136 Å². The van der Waals surface area contributed by atoms with E-state index in [1.165, 1.54) is 48.5 Å². The van der Waals surface area contributed by atoms with Gasteiger partial charge in [-0.05, 0) is 62.4 Å². The van der Waals surface area contributed by atoms with Gasteiger partial charge in [-0.1, -0.05) is 47.5 Å². The first-order chi connectivity index (χ1) is 19.4. The van der Waals surface area contributed by atoms with Gasteiger partial charge in [-0.25, -0.2) is 0 Å². The molecule has 4 aromatic carbocycles. The molecule has 0 spiro atoms. The van der Waals surface area contributed by atoms with Crippen LogP contribution >= 0.6 is 0 Å². The largest absolute Gasteiger partial charge is 0.379 e. The molecular weight excluding hydrogens is 568 g/mol. The summed E-state index contributed by atoms with van der Waals surface area (Å²) in [6.45, 7) is 3.60. The maximum atomic E-state index is 13.1. The Morgan fingerprint density at radius 3 is 1.66 bits per heavy atom. The minimum absolute atomic E-state index is 0.0253. The van der Waals surface area contributed by atoms with Crippen LogP contribution in [0.4, 0.5) is 0 Å². The molecule has 0 aromatic heterocycles. The number of rotatable bonds is 8. The van der Waals surface area contributed by atoms with E-state index in [0.29, 0.717) is 5.01 Å². The van der Waals surface area contributed by atoms with Crippen LogP contribution < -0.4 is 8.37 Å². The van der Waals surface area contributed by atoms with Gasteiger partial charge in [0.15, 0.2) is 5.75 Å². The first-order valence-electron chi connectivity index (χ1n) is 12.1. The molecule has 0 atom stereocenters. The summed E-state index contributed by atoms with van der Waals surface area (Å²) >= 11 is 0. The van der Waals surface area contributed by atoms with Gasteiger partial charge in [0.1, 0.15) is 15.5 Å². The summed E-state index contributed by atoms with van der Waals surface area (Å²) in [5.74, 6) is -1.89. The van der Waals surface area contributed by atoms with E-state index < -0.39 is 32.1 Å². The first kappa shape index (κ1) is 27.7. The Bertz CT molecular complexity index is 1880. The van der Waals surface area contributed by atoms with Crippen molar-refractivity contribution in [2.75, 3.05) is 0 Å². The quantitative estimate of drug-likeness (QED) is 0.167. The summed E-state index contributed by atoms with van der Waals surface area (Å²) in [4.78, 5) is 25.1. The van der Waals surface area contributed by atoms with Crippen LogP contribution in [0.1, 0.15) is 37.4 Å². The van der Waals surface area contributed by atoms with Crippen LogP contribution in [0.5, 0.6) is 11.5 Å².